The highest BCUT2D eigenvalue weighted by atomic mass is 16.5. The Morgan fingerprint density at radius 2 is 1.75 bits per heavy atom. The number of rotatable bonds is 4. The van der Waals surface area contributed by atoms with Crippen molar-refractivity contribution in [3.8, 4) is 5.75 Å². The molecule has 2 aliphatic rings. The quantitative estimate of drug-likeness (QED) is 0.774. The van der Waals surface area contributed by atoms with Crippen LogP contribution >= 0.6 is 0 Å². The predicted molar refractivity (Wildman–Crippen MR) is 113 cm³/mol. The van der Waals surface area contributed by atoms with E-state index >= 15 is 0 Å². The maximum absolute atomic E-state index is 5.87. The zero-order valence-corrected chi connectivity index (χ0v) is 17.2. The molecule has 2 aromatic rings. The van der Waals surface area contributed by atoms with Crippen LogP contribution in [0.15, 0.2) is 64.8 Å². The molecule has 28 heavy (non-hydrogen) atoms. The van der Waals surface area contributed by atoms with Crippen molar-refractivity contribution in [2.75, 3.05) is 21.3 Å². The largest absolute Gasteiger partial charge is 0.496 e. The average Bonchev–Trinajstić information content (AvgIpc) is 3.01. The topological polar surface area (TPSA) is 34.1 Å². The molecule has 0 saturated heterocycles. The standard InChI is InChI=1S/C24H28N2O2/c1-15-13-18(11-12-19(15)27-4)22-20(17-9-7-6-8-10-17)16(2)21-23(22)25-14-26(3)24(21)28-5/h6-14,16,20,22,24H,1-5H3. The molecule has 4 unspecified atom stereocenters. The lowest BCUT2D eigenvalue weighted by Gasteiger charge is -2.32. The zero-order valence-electron chi connectivity index (χ0n) is 17.2. The fourth-order valence-corrected chi connectivity index (χ4v) is 4.91. The summed E-state index contributed by atoms with van der Waals surface area (Å²) in [6.07, 6.45) is 1.83. The molecule has 2 aromatic carbocycles. The van der Waals surface area contributed by atoms with Crippen LogP contribution in [-0.2, 0) is 4.74 Å². The van der Waals surface area contributed by atoms with Crippen LogP contribution in [0.4, 0.5) is 0 Å². The number of aliphatic imine (C=N–C) groups is 1. The van der Waals surface area contributed by atoms with Crippen molar-refractivity contribution in [2.45, 2.75) is 31.9 Å². The fourth-order valence-electron chi connectivity index (χ4n) is 4.91. The molecule has 0 spiro atoms. The van der Waals surface area contributed by atoms with Gasteiger partial charge in [-0.1, -0.05) is 49.4 Å². The van der Waals surface area contributed by atoms with Crippen LogP contribution in [0.3, 0.4) is 0 Å². The molecule has 4 rings (SSSR count). The monoisotopic (exact) mass is 376 g/mol. The second-order valence-electron chi connectivity index (χ2n) is 7.77. The van der Waals surface area contributed by atoms with E-state index in [9.17, 15) is 0 Å². The van der Waals surface area contributed by atoms with E-state index in [1.165, 1.54) is 16.7 Å². The Hall–Kier alpha value is -2.59. The van der Waals surface area contributed by atoms with Gasteiger partial charge < -0.3 is 14.4 Å². The Labute approximate surface area is 167 Å². The van der Waals surface area contributed by atoms with Gasteiger partial charge in [0, 0.05) is 31.6 Å². The molecule has 0 amide bonds. The van der Waals surface area contributed by atoms with Crippen LogP contribution in [0.2, 0.25) is 0 Å². The SMILES string of the molecule is COc1ccc(C2C3=C(C(C)C2c2ccccc2)C(OC)N(C)C=N3)cc1C. The van der Waals surface area contributed by atoms with Gasteiger partial charge in [0.2, 0.25) is 0 Å². The summed E-state index contributed by atoms with van der Waals surface area (Å²) in [4.78, 5) is 6.95. The van der Waals surface area contributed by atoms with Gasteiger partial charge in [-0.2, -0.15) is 0 Å². The first-order valence-electron chi connectivity index (χ1n) is 9.79. The van der Waals surface area contributed by atoms with Crippen LogP contribution in [-0.4, -0.2) is 38.7 Å². The molecule has 4 atom stereocenters. The Bertz CT molecular complexity index is 919. The van der Waals surface area contributed by atoms with E-state index < -0.39 is 0 Å². The highest BCUT2D eigenvalue weighted by molar-refractivity contribution is 5.63. The summed E-state index contributed by atoms with van der Waals surface area (Å²) in [7, 11) is 5.52. The Kier molecular flexibility index (Phi) is 4.98. The molecule has 1 heterocycles. The number of aryl methyl sites for hydroxylation is 1. The van der Waals surface area contributed by atoms with Crippen LogP contribution in [0.25, 0.3) is 0 Å². The highest BCUT2D eigenvalue weighted by Gasteiger charge is 2.46. The molecule has 4 nitrogen and oxygen atoms in total. The second-order valence-corrected chi connectivity index (χ2v) is 7.77. The Morgan fingerprint density at radius 1 is 1.00 bits per heavy atom. The summed E-state index contributed by atoms with van der Waals surface area (Å²) in [5.74, 6) is 1.76. The van der Waals surface area contributed by atoms with E-state index in [0.717, 1.165) is 17.0 Å². The summed E-state index contributed by atoms with van der Waals surface area (Å²) >= 11 is 0. The van der Waals surface area contributed by atoms with Gasteiger partial charge in [-0.25, -0.2) is 4.99 Å². The van der Waals surface area contributed by atoms with Crippen LogP contribution in [0.5, 0.6) is 5.75 Å². The van der Waals surface area contributed by atoms with Gasteiger partial charge >= 0.3 is 0 Å². The summed E-state index contributed by atoms with van der Waals surface area (Å²) in [5, 5.41) is 0. The minimum Gasteiger partial charge on any atom is -0.496 e. The Morgan fingerprint density at radius 3 is 2.39 bits per heavy atom. The van der Waals surface area contributed by atoms with Gasteiger partial charge in [-0.15, -0.1) is 0 Å². The molecule has 0 bridgehead atoms. The van der Waals surface area contributed by atoms with Crippen LogP contribution in [0, 0.1) is 12.8 Å². The van der Waals surface area contributed by atoms with E-state index in [-0.39, 0.29) is 12.1 Å². The third kappa shape index (κ3) is 2.92. The lowest BCUT2D eigenvalue weighted by atomic mass is 9.78. The van der Waals surface area contributed by atoms with Gasteiger partial charge in [0.15, 0.2) is 6.23 Å². The average molecular weight is 377 g/mol. The molecule has 1 aliphatic heterocycles. The van der Waals surface area contributed by atoms with Crippen molar-refractivity contribution in [2.24, 2.45) is 10.9 Å². The minimum absolute atomic E-state index is 0.0712. The number of allylic oxidation sites excluding steroid dienone is 1. The van der Waals surface area contributed by atoms with Gasteiger partial charge in [-0.05, 0) is 35.6 Å². The van der Waals surface area contributed by atoms with E-state index in [1.54, 1.807) is 14.2 Å². The van der Waals surface area contributed by atoms with Gasteiger partial charge in [0.25, 0.3) is 0 Å². The van der Waals surface area contributed by atoms with E-state index in [0.29, 0.717) is 11.8 Å². The second kappa shape index (κ2) is 7.44. The van der Waals surface area contributed by atoms with Gasteiger partial charge in [-0.3, -0.25) is 0 Å². The van der Waals surface area contributed by atoms with Crippen molar-refractivity contribution in [3.05, 3.63) is 76.5 Å². The first kappa shape index (κ1) is 18.8. The number of hydrogen-bond acceptors (Lipinski definition) is 4. The van der Waals surface area contributed by atoms with Crippen molar-refractivity contribution in [1.82, 2.24) is 4.90 Å². The summed E-state index contributed by atoms with van der Waals surface area (Å²) in [6, 6.07) is 17.3. The van der Waals surface area contributed by atoms with E-state index in [4.69, 9.17) is 14.5 Å². The minimum atomic E-state index is -0.0712. The third-order valence-corrected chi connectivity index (χ3v) is 6.18. The molecule has 146 valence electrons. The lowest BCUT2D eigenvalue weighted by Crippen LogP contribution is -2.37. The lowest BCUT2D eigenvalue weighted by molar-refractivity contribution is 0.0424. The molecule has 0 aromatic heterocycles. The van der Waals surface area contributed by atoms with Crippen molar-refractivity contribution in [3.63, 3.8) is 0 Å². The molecular weight excluding hydrogens is 348 g/mol. The summed E-state index contributed by atoms with van der Waals surface area (Å²) < 4.78 is 11.4. The molecule has 4 heteroatoms. The number of hydrogen-bond donors (Lipinski definition) is 0. The summed E-state index contributed by atoms with van der Waals surface area (Å²) in [5.41, 5.74) is 6.21. The normalized spacial score (nSPS) is 26.5. The number of methoxy groups -OCH3 is 2. The van der Waals surface area contributed by atoms with Crippen molar-refractivity contribution in [1.29, 1.82) is 0 Å². The molecular formula is C24H28N2O2. The fraction of sp³-hybridized carbons (Fsp3) is 0.375. The Balaban J connectivity index is 1.88. The number of likely N-dealkylation sites (N-methyl/N-ethyl adjacent to an activating group) is 1. The summed E-state index contributed by atoms with van der Waals surface area (Å²) in [6.45, 7) is 4.41. The first-order valence-corrected chi connectivity index (χ1v) is 9.79. The maximum Gasteiger partial charge on any atom is 0.154 e. The maximum atomic E-state index is 5.87. The molecule has 0 N–H and O–H groups in total. The predicted octanol–water partition coefficient (Wildman–Crippen LogP) is 4.72. The molecule has 0 radical (unpaired) electrons. The number of ether oxygens (including phenoxy) is 2. The van der Waals surface area contributed by atoms with Crippen molar-refractivity contribution < 1.29 is 9.47 Å². The smallest absolute Gasteiger partial charge is 0.154 e. The molecule has 0 fully saturated rings. The molecule has 1 aliphatic carbocycles. The molecule has 0 saturated carbocycles. The number of nitrogens with zero attached hydrogens (tertiary/aromatic N) is 2. The highest BCUT2D eigenvalue weighted by Crippen LogP contribution is 2.55. The van der Waals surface area contributed by atoms with E-state index in [2.05, 4.69) is 67.3 Å². The number of benzene rings is 2. The first-order chi connectivity index (χ1) is 13.6. The van der Waals surface area contributed by atoms with E-state index in [1.807, 2.05) is 13.4 Å². The van der Waals surface area contributed by atoms with Gasteiger partial charge in [0.1, 0.15) is 5.75 Å². The van der Waals surface area contributed by atoms with Gasteiger partial charge in [0.05, 0.1) is 19.1 Å². The third-order valence-electron chi connectivity index (χ3n) is 6.18. The van der Waals surface area contributed by atoms with Crippen LogP contribution < -0.4 is 4.74 Å². The van der Waals surface area contributed by atoms with Crippen LogP contribution in [0.1, 0.15) is 35.4 Å². The zero-order chi connectivity index (χ0) is 19.8. The van der Waals surface area contributed by atoms with Crippen molar-refractivity contribution >= 4 is 6.34 Å².